The van der Waals surface area contributed by atoms with E-state index in [2.05, 4.69) is 26.9 Å². The van der Waals surface area contributed by atoms with Crippen LogP contribution in [0.1, 0.15) is 5.56 Å². The van der Waals surface area contributed by atoms with E-state index in [0.29, 0.717) is 17.1 Å². The number of piperazine rings is 1. The smallest absolute Gasteiger partial charge is 0.146 e. The number of phenolic OH excluding ortho intramolecular Hbond substituents is 1. The molecule has 3 aromatic rings. The van der Waals surface area contributed by atoms with Crippen molar-refractivity contribution in [1.82, 2.24) is 9.88 Å². The van der Waals surface area contributed by atoms with Gasteiger partial charge in [-0.2, -0.15) is 0 Å². The van der Waals surface area contributed by atoms with Gasteiger partial charge >= 0.3 is 0 Å². The quantitative estimate of drug-likeness (QED) is 0.739. The van der Waals surface area contributed by atoms with Crippen LogP contribution in [0, 0.1) is 0 Å². The predicted molar refractivity (Wildman–Crippen MR) is 109 cm³/mol. The second-order valence-corrected chi connectivity index (χ2v) is 7.13. The highest BCUT2D eigenvalue weighted by Gasteiger charge is 2.20. The summed E-state index contributed by atoms with van der Waals surface area (Å²) in [4.78, 5) is 8.99. The highest BCUT2D eigenvalue weighted by atomic mass is 35.5. The minimum Gasteiger partial charge on any atom is -0.505 e. The zero-order chi connectivity index (χ0) is 18.8. The zero-order valence-corrected chi connectivity index (χ0v) is 16.0. The van der Waals surface area contributed by atoms with Crippen molar-refractivity contribution >= 4 is 28.2 Å². The van der Waals surface area contributed by atoms with E-state index in [1.54, 1.807) is 13.3 Å². The van der Waals surface area contributed by atoms with Crippen molar-refractivity contribution in [2.45, 2.75) is 6.54 Å². The summed E-state index contributed by atoms with van der Waals surface area (Å²) in [6, 6.07) is 13.7. The van der Waals surface area contributed by atoms with Gasteiger partial charge in [0.1, 0.15) is 17.0 Å². The van der Waals surface area contributed by atoms with Crippen molar-refractivity contribution in [3.63, 3.8) is 0 Å². The number of ether oxygens (including phenoxy) is 1. The van der Waals surface area contributed by atoms with E-state index in [4.69, 9.17) is 16.3 Å². The Bertz CT molecular complexity index is 938. The molecule has 0 spiro atoms. The lowest BCUT2D eigenvalue weighted by Crippen LogP contribution is -2.45. The molecule has 5 nitrogen and oxygen atoms in total. The molecule has 1 aliphatic rings. The maximum absolute atomic E-state index is 10.6. The average Bonchev–Trinajstić information content (AvgIpc) is 2.72. The van der Waals surface area contributed by atoms with Gasteiger partial charge in [0.25, 0.3) is 0 Å². The molecule has 0 atom stereocenters. The molecule has 0 radical (unpaired) electrons. The molecule has 0 aliphatic carbocycles. The van der Waals surface area contributed by atoms with Crippen LogP contribution in [0.2, 0.25) is 5.02 Å². The molecule has 0 saturated carbocycles. The van der Waals surface area contributed by atoms with Crippen molar-refractivity contribution < 1.29 is 9.84 Å². The molecule has 6 heteroatoms. The Labute approximate surface area is 163 Å². The lowest BCUT2D eigenvalue weighted by molar-refractivity contribution is 0.247. The number of rotatable bonds is 4. The van der Waals surface area contributed by atoms with Crippen molar-refractivity contribution in [2.24, 2.45) is 0 Å². The number of methoxy groups -OCH3 is 1. The first-order chi connectivity index (χ1) is 13.2. The van der Waals surface area contributed by atoms with Gasteiger partial charge in [0.15, 0.2) is 0 Å². The van der Waals surface area contributed by atoms with E-state index in [1.807, 2.05) is 30.3 Å². The highest BCUT2D eigenvalue weighted by molar-refractivity contribution is 6.35. The number of aromatic hydroxyl groups is 1. The summed E-state index contributed by atoms with van der Waals surface area (Å²) in [5.41, 5.74) is 2.59. The van der Waals surface area contributed by atoms with E-state index in [0.717, 1.165) is 42.9 Å². The van der Waals surface area contributed by atoms with Crippen LogP contribution >= 0.6 is 11.6 Å². The number of benzene rings is 2. The number of pyridine rings is 1. The van der Waals surface area contributed by atoms with Gasteiger partial charge in [-0.1, -0.05) is 11.6 Å². The molecule has 2 aromatic carbocycles. The number of anilines is 1. The molecule has 0 unspecified atom stereocenters. The van der Waals surface area contributed by atoms with Crippen LogP contribution in [0.15, 0.2) is 48.7 Å². The molecule has 4 rings (SSSR count). The van der Waals surface area contributed by atoms with E-state index < -0.39 is 0 Å². The minimum absolute atomic E-state index is 0.229. The number of phenols is 1. The first-order valence-electron chi connectivity index (χ1n) is 9.02. The number of nitrogens with zero attached hydrogens (tertiary/aromatic N) is 3. The third-order valence-corrected chi connectivity index (χ3v) is 5.41. The number of hydrogen-bond donors (Lipinski definition) is 1. The Kier molecular flexibility index (Phi) is 5.05. The van der Waals surface area contributed by atoms with Crippen LogP contribution in [0.4, 0.5) is 5.69 Å². The molecule has 1 aromatic heterocycles. The number of aromatic nitrogens is 1. The Morgan fingerprint density at radius 3 is 2.56 bits per heavy atom. The molecular weight excluding hydrogens is 362 g/mol. The lowest BCUT2D eigenvalue weighted by atomic mass is 10.1. The molecule has 0 amide bonds. The largest absolute Gasteiger partial charge is 0.505 e. The van der Waals surface area contributed by atoms with Crippen LogP contribution in [0.3, 0.4) is 0 Å². The summed E-state index contributed by atoms with van der Waals surface area (Å²) in [5.74, 6) is 1.10. The summed E-state index contributed by atoms with van der Waals surface area (Å²) in [5, 5.41) is 12.0. The van der Waals surface area contributed by atoms with Crippen LogP contribution in [0.25, 0.3) is 10.9 Å². The number of halogens is 1. The normalized spacial score (nSPS) is 15.3. The maximum atomic E-state index is 10.6. The second-order valence-electron chi connectivity index (χ2n) is 6.73. The van der Waals surface area contributed by atoms with Crippen LogP contribution in [-0.2, 0) is 6.54 Å². The Balaban J connectivity index is 1.45. The van der Waals surface area contributed by atoms with Crippen molar-refractivity contribution in [2.75, 3.05) is 38.2 Å². The van der Waals surface area contributed by atoms with Gasteiger partial charge in [0, 0.05) is 55.6 Å². The molecule has 140 valence electrons. The average molecular weight is 384 g/mol. The molecule has 2 heterocycles. The molecule has 1 aliphatic heterocycles. The highest BCUT2D eigenvalue weighted by Crippen LogP contribution is 2.33. The molecular formula is C21H22ClN3O2. The van der Waals surface area contributed by atoms with Gasteiger partial charge in [0.05, 0.1) is 12.1 Å². The van der Waals surface area contributed by atoms with Crippen molar-refractivity contribution in [3.8, 4) is 11.5 Å². The molecule has 0 bridgehead atoms. The molecule has 1 saturated heterocycles. The van der Waals surface area contributed by atoms with Gasteiger partial charge < -0.3 is 14.7 Å². The van der Waals surface area contributed by atoms with Crippen molar-refractivity contribution in [3.05, 3.63) is 59.2 Å². The van der Waals surface area contributed by atoms with Crippen LogP contribution < -0.4 is 9.64 Å². The Morgan fingerprint density at radius 2 is 1.85 bits per heavy atom. The summed E-state index contributed by atoms with van der Waals surface area (Å²) < 4.78 is 5.23. The summed E-state index contributed by atoms with van der Waals surface area (Å²) in [6.45, 7) is 4.38. The molecule has 27 heavy (non-hydrogen) atoms. The first kappa shape index (κ1) is 17.9. The van der Waals surface area contributed by atoms with E-state index in [9.17, 15) is 5.11 Å². The fraction of sp³-hybridized carbons (Fsp3) is 0.286. The van der Waals surface area contributed by atoms with Crippen LogP contribution in [0.5, 0.6) is 11.5 Å². The van der Waals surface area contributed by atoms with E-state index in [-0.39, 0.29) is 5.75 Å². The molecule has 1 fully saturated rings. The lowest BCUT2D eigenvalue weighted by Gasteiger charge is -2.36. The third kappa shape index (κ3) is 3.66. The fourth-order valence-corrected chi connectivity index (χ4v) is 3.84. The number of fused-ring (bicyclic) bond motifs is 1. The summed E-state index contributed by atoms with van der Waals surface area (Å²) in [7, 11) is 1.68. The number of hydrogen-bond acceptors (Lipinski definition) is 5. The molecule has 1 N–H and O–H groups in total. The van der Waals surface area contributed by atoms with Gasteiger partial charge in [-0.3, -0.25) is 9.88 Å². The summed E-state index contributed by atoms with van der Waals surface area (Å²) in [6.07, 6.45) is 1.68. The Morgan fingerprint density at radius 1 is 1.11 bits per heavy atom. The van der Waals surface area contributed by atoms with Gasteiger partial charge in [-0.25, -0.2) is 0 Å². The van der Waals surface area contributed by atoms with Crippen molar-refractivity contribution in [1.29, 1.82) is 0 Å². The van der Waals surface area contributed by atoms with Gasteiger partial charge in [-0.15, -0.1) is 0 Å². The maximum Gasteiger partial charge on any atom is 0.146 e. The van der Waals surface area contributed by atoms with E-state index in [1.165, 1.54) is 5.69 Å². The third-order valence-electron chi connectivity index (χ3n) is 5.10. The Hall–Kier alpha value is -2.50. The predicted octanol–water partition coefficient (Wildman–Crippen LogP) is 3.92. The SMILES string of the molecule is COc1ccc(N2CCN(Cc3cc(Cl)c4cccnc4c3O)CC2)cc1. The summed E-state index contributed by atoms with van der Waals surface area (Å²) >= 11 is 6.39. The fourth-order valence-electron chi connectivity index (χ4n) is 3.56. The van der Waals surface area contributed by atoms with Crippen LogP contribution in [-0.4, -0.2) is 48.3 Å². The topological polar surface area (TPSA) is 48.8 Å². The monoisotopic (exact) mass is 383 g/mol. The minimum atomic E-state index is 0.229. The zero-order valence-electron chi connectivity index (χ0n) is 15.2. The first-order valence-corrected chi connectivity index (χ1v) is 9.40. The van der Waals surface area contributed by atoms with Gasteiger partial charge in [-0.05, 0) is 42.5 Å². The standard InChI is InChI=1S/C21H22ClN3O2/c1-27-17-6-4-16(5-7-17)25-11-9-24(10-12-25)14-15-13-19(22)18-3-2-8-23-20(18)21(15)26/h2-8,13,26H,9-12,14H2,1H3. The van der Waals surface area contributed by atoms with E-state index >= 15 is 0 Å². The second kappa shape index (κ2) is 7.62. The van der Waals surface area contributed by atoms with Gasteiger partial charge in [0.2, 0.25) is 0 Å².